The van der Waals surface area contributed by atoms with E-state index in [1.54, 1.807) is 41.5 Å². The van der Waals surface area contributed by atoms with Gasteiger partial charge in [0.15, 0.2) is 0 Å². The van der Waals surface area contributed by atoms with Crippen molar-refractivity contribution in [3.05, 3.63) is 0 Å². The Morgan fingerprint density at radius 1 is 0.808 bits per heavy atom. The quantitative estimate of drug-likeness (QED) is 0.362. The molecule has 0 unspecified atom stereocenters. The van der Waals surface area contributed by atoms with Crippen molar-refractivity contribution in [1.29, 1.82) is 0 Å². The van der Waals surface area contributed by atoms with Crippen LogP contribution in [0.4, 0.5) is 9.59 Å². The van der Waals surface area contributed by atoms with Crippen molar-refractivity contribution in [1.82, 2.24) is 16.0 Å². The number of alkyl carbamates (subject to hydrolysis) is 2. The molecule has 0 atom stereocenters. The molecule has 0 fully saturated rings. The van der Waals surface area contributed by atoms with Crippen LogP contribution in [0.2, 0.25) is 0 Å². The van der Waals surface area contributed by atoms with E-state index in [2.05, 4.69) is 20.9 Å². The fraction of sp³-hybridized carbons (Fsp3) is 0.833. The third-order valence-electron chi connectivity index (χ3n) is 2.84. The van der Waals surface area contributed by atoms with Crippen LogP contribution in [0.5, 0.6) is 0 Å². The number of guanidine groups is 1. The average molecular weight is 373 g/mol. The molecule has 8 nitrogen and oxygen atoms in total. The molecule has 0 aliphatic heterocycles. The summed E-state index contributed by atoms with van der Waals surface area (Å²) in [6.45, 7) is 12.0. The maximum atomic E-state index is 11.9. The minimum absolute atomic E-state index is 0.0312. The Bertz CT molecular complexity index is 433. The van der Waals surface area contributed by atoms with E-state index in [0.29, 0.717) is 6.54 Å². The summed E-state index contributed by atoms with van der Waals surface area (Å²) in [6.07, 6.45) is 2.74. The Balaban J connectivity index is 4.64. The van der Waals surface area contributed by atoms with Crippen molar-refractivity contribution in [2.24, 2.45) is 4.99 Å². The first-order valence-electron chi connectivity index (χ1n) is 9.12. The fourth-order valence-corrected chi connectivity index (χ4v) is 1.87. The first-order valence-corrected chi connectivity index (χ1v) is 9.12. The zero-order valence-electron chi connectivity index (χ0n) is 17.3. The molecule has 8 heteroatoms. The minimum Gasteiger partial charge on any atom is -0.444 e. The van der Waals surface area contributed by atoms with Crippen LogP contribution in [-0.2, 0) is 9.47 Å². The zero-order chi connectivity index (χ0) is 20.2. The van der Waals surface area contributed by atoms with Gasteiger partial charge in [0.2, 0.25) is 5.96 Å². The van der Waals surface area contributed by atoms with E-state index in [1.807, 2.05) is 7.05 Å². The average Bonchev–Trinajstić information content (AvgIpc) is 2.41. The summed E-state index contributed by atoms with van der Waals surface area (Å²) >= 11 is 0. The van der Waals surface area contributed by atoms with Crippen LogP contribution in [0.25, 0.3) is 0 Å². The molecule has 0 heterocycles. The van der Waals surface area contributed by atoms with Crippen molar-refractivity contribution in [3.63, 3.8) is 0 Å². The molecule has 0 bridgehead atoms. The zero-order valence-corrected chi connectivity index (χ0v) is 17.3. The van der Waals surface area contributed by atoms with E-state index in [9.17, 15) is 9.59 Å². The lowest BCUT2D eigenvalue weighted by Gasteiger charge is -2.22. The van der Waals surface area contributed by atoms with Crippen molar-refractivity contribution in [2.45, 2.75) is 78.4 Å². The summed E-state index contributed by atoms with van der Waals surface area (Å²) < 4.78 is 10.4. The molecule has 0 spiro atoms. The van der Waals surface area contributed by atoms with Crippen LogP contribution in [0, 0.1) is 0 Å². The highest BCUT2D eigenvalue weighted by molar-refractivity contribution is 6.01. The van der Waals surface area contributed by atoms with Crippen LogP contribution in [-0.4, -0.2) is 49.5 Å². The molecular formula is C18H36N4O4. The monoisotopic (exact) mass is 372 g/mol. The first kappa shape index (κ1) is 24.2. The van der Waals surface area contributed by atoms with Crippen LogP contribution in [0.3, 0.4) is 0 Å². The van der Waals surface area contributed by atoms with E-state index in [1.165, 1.54) is 0 Å². The molecule has 0 saturated heterocycles. The lowest BCUT2D eigenvalue weighted by molar-refractivity contribution is 0.0545. The number of nitrogens with zero attached hydrogens (tertiary/aromatic N) is 1. The third kappa shape index (κ3) is 15.7. The van der Waals surface area contributed by atoms with Gasteiger partial charge in [0, 0.05) is 6.54 Å². The van der Waals surface area contributed by atoms with Gasteiger partial charge in [0.05, 0.1) is 0 Å². The molecule has 0 aromatic carbocycles. The summed E-state index contributed by atoms with van der Waals surface area (Å²) in [5.41, 5.74) is -1.29. The second kappa shape index (κ2) is 11.7. The largest absolute Gasteiger partial charge is 0.444 e. The normalized spacial score (nSPS) is 11.5. The predicted octanol–water partition coefficient (Wildman–Crippen LogP) is 3.17. The van der Waals surface area contributed by atoms with Gasteiger partial charge in [0.25, 0.3) is 0 Å². The summed E-state index contributed by atoms with van der Waals surface area (Å²) in [7, 11) is 1.93. The van der Waals surface area contributed by atoms with Crippen molar-refractivity contribution >= 4 is 18.1 Å². The molecule has 0 aromatic heterocycles. The summed E-state index contributed by atoms with van der Waals surface area (Å²) in [5, 5.41) is 8.04. The molecule has 0 aliphatic carbocycles. The van der Waals surface area contributed by atoms with Crippen molar-refractivity contribution in [3.8, 4) is 0 Å². The number of hydrogen-bond donors (Lipinski definition) is 3. The van der Waals surface area contributed by atoms with Crippen molar-refractivity contribution in [2.75, 3.05) is 20.1 Å². The SMILES string of the molecule is CNCCCCCCN=C(NC(=O)OC(C)(C)C)NC(=O)OC(C)(C)C. The Labute approximate surface area is 157 Å². The van der Waals surface area contributed by atoms with Crippen LogP contribution in [0.1, 0.15) is 67.2 Å². The number of unbranched alkanes of at least 4 members (excludes halogenated alkanes) is 3. The van der Waals surface area contributed by atoms with Gasteiger partial charge in [-0.15, -0.1) is 0 Å². The number of ether oxygens (including phenoxy) is 2. The highest BCUT2D eigenvalue weighted by atomic mass is 16.6. The number of rotatable bonds is 7. The number of aliphatic imine (C=N–C) groups is 1. The number of amides is 2. The van der Waals surface area contributed by atoms with Crippen LogP contribution < -0.4 is 16.0 Å². The predicted molar refractivity (Wildman–Crippen MR) is 103 cm³/mol. The highest BCUT2D eigenvalue weighted by Gasteiger charge is 2.21. The molecule has 0 aromatic rings. The smallest absolute Gasteiger partial charge is 0.414 e. The van der Waals surface area contributed by atoms with E-state index in [-0.39, 0.29) is 5.96 Å². The standard InChI is InChI=1S/C18H36N4O4/c1-17(2,3)25-15(23)21-14(22-16(24)26-18(4,5)6)20-13-11-9-8-10-12-19-7/h19H,8-13H2,1-7H3,(H2,20,21,22,23,24). The second-order valence-electron chi connectivity index (χ2n) is 8.00. The molecule has 2 amide bonds. The van der Waals surface area contributed by atoms with Gasteiger partial charge >= 0.3 is 12.2 Å². The second-order valence-corrected chi connectivity index (χ2v) is 8.00. The lowest BCUT2D eigenvalue weighted by atomic mass is 10.2. The number of carbonyl (C=O) groups is 2. The Hall–Kier alpha value is -1.83. The van der Waals surface area contributed by atoms with Gasteiger partial charge in [-0.3, -0.25) is 15.6 Å². The molecule has 3 N–H and O–H groups in total. The lowest BCUT2D eigenvalue weighted by Crippen LogP contribution is -2.47. The van der Waals surface area contributed by atoms with Gasteiger partial charge < -0.3 is 14.8 Å². The van der Waals surface area contributed by atoms with Crippen LogP contribution >= 0.6 is 0 Å². The first-order chi connectivity index (χ1) is 11.9. The molecular weight excluding hydrogens is 336 g/mol. The summed E-state index contributed by atoms with van der Waals surface area (Å²) in [6, 6.07) is 0. The van der Waals surface area contributed by atoms with Crippen LogP contribution in [0.15, 0.2) is 4.99 Å². The maximum absolute atomic E-state index is 11.9. The Morgan fingerprint density at radius 2 is 1.27 bits per heavy atom. The van der Waals surface area contributed by atoms with Gasteiger partial charge in [-0.2, -0.15) is 0 Å². The maximum Gasteiger partial charge on any atom is 0.414 e. The fourth-order valence-electron chi connectivity index (χ4n) is 1.87. The third-order valence-corrected chi connectivity index (χ3v) is 2.84. The topological polar surface area (TPSA) is 101 Å². The molecule has 26 heavy (non-hydrogen) atoms. The van der Waals surface area contributed by atoms with Gasteiger partial charge in [0.1, 0.15) is 11.2 Å². The highest BCUT2D eigenvalue weighted by Crippen LogP contribution is 2.07. The van der Waals surface area contributed by atoms with E-state index in [4.69, 9.17) is 9.47 Å². The Kier molecular flexibility index (Phi) is 10.9. The number of nitrogens with one attached hydrogen (secondary N) is 3. The molecule has 0 saturated carbocycles. The minimum atomic E-state index is -0.679. The van der Waals surface area contributed by atoms with Gasteiger partial charge in [-0.05, 0) is 68.0 Å². The summed E-state index contributed by atoms with van der Waals surface area (Å²) in [5.74, 6) is 0.0312. The van der Waals surface area contributed by atoms with E-state index < -0.39 is 23.4 Å². The molecule has 0 rings (SSSR count). The van der Waals surface area contributed by atoms with Crippen molar-refractivity contribution < 1.29 is 19.1 Å². The molecule has 0 radical (unpaired) electrons. The molecule has 0 aliphatic rings. The summed E-state index contributed by atoms with van der Waals surface area (Å²) in [4.78, 5) is 28.1. The van der Waals surface area contributed by atoms with Gasteiger partial charge in [-0.25, -0.2) is 9.59 Å². The number of carbonyl (C=O) groups excluding carboxylic acids is 2. The van der Waals surface area contributed by atoms with E-state index >= 15 is 0 Å². The Morgan fingerprint density at radius 3 is 1.69 bits per heavy atom. The van der Waals surface area contributed by atoms with E-state index in [0.717, 1.165) is 32.2 Å². The molecule has 152 valence electrons. The van der Waals surface area contributed by atoms with Gasteiger partial charge in [-0.1, -0.05) is 12.8 Å². The number of hydrogen-bond acceptors (Lipinski definition) is 6.